The number of aromatic nitrogens is 2. The Labute approximate surface area is 396 Å². The number of nitrogens with one attached hydrogen (secondary N) is 3. The van der Waals surface area contributed by atoms with Gasteiger partial charge in [-0.15, -0.1) is 0 Å². The average molecular weight is 930 g/mol. The number of aliphatic imine (C=N–C) groups is 1. The largest absolute Gasteiger partial charge is 0.488 e. The number of carbonyl (C=O) groups is 4. The van der Waals surface area contributed by atoms with Crippen LogP contribution >= 0.6 is 0 Å². The van der Waals surface area contributed by atoms with Crippen LogP contribution in [0.2, 0.25) is 0 Å². The van der Waals surface area contributed by atoms with Crippen molar-refractivity contribution in [3.05, 3.63) is 65.6 Å². The Hall–Kier alpha value is -6.00. The van der Waals surface area contributed by atoms with E-state index in [1.807, 2.05) is 43.7 Å². The van der Waals surface area contributed by atoms with Crippen molar-refractivity contribution in [1.29, 1.82) is 0 Å². The second-order valence-corrected chi connectivity index (χ2v) is 19.8. The van der Waals surface area contributed by atoms with Crippen molar-refractivity contribution >= 4 is 46.2 Å². The van der Waals surface area contributed by atoms with Gasteiger partial charge in [-0.05, 0) is 148 Å². The minimum atomic E-state index is -0.730. The molecule has 4 aromatic rings. The highest BCUT2D eigenvalue weighted by molar-refractivity contribution is 6.06. The van der Waals surface area contributed by atoms with Crippen LogP contribution in [-0.2, 0) is 41.6 Å². The fourth-order valence-electron chi connectivity index (χ4n) is 12.2. The third-order valence-corrected chi connectivity index (χ3v) is 15.1. The molecule has 4 amide bonds. The summed E-state index contributed by atoms with van der Waals surface area (Å²) in [5.41, 5.74) is 8.00. The fourth-order valence-corrected chi connectivity index (χ4v) is 12.2. The Morgan fingerprint density at radius 1 is 0.750 bits per heavy atom. The van der Waals surface area contributed by atoms with E-state index in [1.165, 1.54) is 14.2 Å². The van der Waals surface area contributed by atoms with Crippen LogP contribution < -0.4 is 15.4 Å². The van der Waals surface area contributed by atoms with E-state index < -0.39 is 24.3 Å². The van der Waals surface area contributed by atoms with Crippen molar-refractivity contribution < 1.29 is 42.9 Å². The molecule has 6 aliphatic heterocycles. The van der Waals surface area contributed by atoms with Crippen LogP contribution in [0.5, 0.6) is 5.75 Å². The van der Waals surface area contributed by atoms with E-state index in [9.17, 15) is 19.2 Å². The number of H-pyrrole nitrogens is 1. The molecule has 0 radical (unpaired) electrons. The minimum absolute atomic E-state index is 0.0170. The number of rotatable bonds is 9. The molecule has 16 heteroatoms. The molecule has 0 bridgehead atoms. The molecular formula is C52H63N7O9. The zero-order valence-electron chi connectivity index (χ0n) is 39.8. The van der Waals surface area contributed by atoms with Crippen LogP contribution in [0.3, 0.4) is 0 Å². The molecule has 1 aromatic heterocycles. The van der Waals surface area contributed by atoms with E-state index in [4.69, 9.17) is 33.7 Å². The molecule has 3 N–H and O–H groups in total. The zero-order valence-corrected chi connectivity index (χ0v) is 39.8. The molecular weight excluding hydrogens is 867 g/mol. The highest BCUT2D eigenvalue weighted by atomic mass is 16.5. The van der Waals surface area contributed by atoms with Crippen molar-refractivity contribution in [3.8, 4) is 28.1 Å². The average Bonchev–Trinajstić information content (AvgIpc) is 4.17. The summed E-state index contributed by atoms with van der Waals surface area (Å²) in [5.74, 6) is 1.16. The van der Waals surface area contributed by atoms with Gasteiger partial charge in [0.25, 0.3) is 0 Å². The highest BCUT2D eigenvalue weighted by Gasteiger charge is 2.44. The monoisotopic (exact) mass is 929 g/mol. The standard InChI is InChI=1S/C52H63N7O9/c1-27-17-33(18-28(2)67-27)46(56-51(62)64-5)49(60)58-15-7-9-43(58)41-23-38-37-24-45-39(22-31(37)12-14-40(38)54-41)36-13-11-32(21-35(36)26-66-45)42-25-53-48(55-42)44-10-8-16-59(44)50(61)47(57-52(63)65-6)34-19-29(3)68-30(4)20-34/h11-14,21-22,24-25,27-30,33-34,43-44,46-47H,7-10,15-20,23,26H2,1-6H3,(H,53,55)(H,56,62)(H,57,63)/t27-,28-,29-,30-,43+,44+,46+,47+/m1/s1. The van der Waals surface area contributed by atoms with Crippen LogP contribution in [0, 0.1) is 11.8 Å². The molecule has 0 aliphatic carbocycles. The molecule has 4 saturated heterocycles. The first-order chi connectivity index (χ1) is 32.8. The molecule has 4 fully saturated rings. The second-order valence-electron chi connectivity index (χ2n) is 19.8. The predicted octanol–water partition coefficient (Wildman–Crippen LogP) is 7.93. The van der Waals surface area contributed by atoms with Gasteiger partial charge in [0.15, 0.2) is 0 Å². The fraction of sp³-hybridized carbons (Fsp3) is 0.538. The number of nitrogens with zero attached hydrogens (tertiary/aromatic N) is 4. The van der Waals surface area contributed by atoms with Gasteiger partial charge in [0, 0.05) is 30.8 Å². The summed E-state index contributed by atoms with van der Waals surface area (Å²) in [7, 11) is 2.64. The van der Waals surface area contributed by atoms with Crippen LogP contribution in [-0.4, -0.2) is 119 Å². The number of fused-ring (bicyclic) bond motifs is 6. The Bertz CT molecular complexity index is 2630. The predicted molar refractivity (Wildman–Crippen MR) is 255 cm³/mol. The molecule has 10 rings (SSSR count). The second kappa shape index (κ2) is 18.8. The first-order valence-corrected chi connectivity index (χ1v) is 24.4. The molecule has 3 aromatic carbocycles. The third kappa shape index (κ3) is 8.81. The maximum atomic E-state index is 14.4. The number of methoxy groups -OCH3 is 2. The number of ether oxygens (including phenoxy) is 5. The first kappa shape index (κ1) is 45.8. The number of hydrogen-bond acceptors (Lipinski definition) is 11. The van der Waals surface area contributed by atoms with E-state index in [2.05, 4.69) is 58.1 Å². The van der Waals surface area contributed by atoms with Gasteiger partial charge in [-0.3, -0.25) is 14.6 Å². The number of likely N-dealkylation sites (tertiary alicyclic amines) is 2. The lowest BCUT2D eigenvalue weighted by molar-refractivity contribution is -0.139. The van der Waals surface area contributed by atoms with Crippen LogP contribution in [0.4, 0.5) is 15.3 Å². The Kier molecular flexibility index (Phi) is 12.7. The van der Waals surface area contributed by atoms with Gasteiger partial charge in [0.05, 0.1) is 68.3 Å². The lowest BCUT2D eigenvalue weighted by Crippen LogP contribution is -2.56. The van der Waals surface area contributed by atoms with Gasteiger partial charge in [-0.2, -0.15) is 0 Å². The summed E-state index contributed by atoms with van der Waals surface area (Å²) in [6.45, 7) is 9.61. The van der Waals surface area contributed by atoms with Gasteiger partial charge < -0.3 is 49.1 Å². The van der Waals surface area contributed by atoms with Gasteiger partial charge >= 0.3 is 12.2 Å². The minimum Gasteiger partial charge on any atom is -0.488 e. The highest BCUT2D eigenvalue weighted by Crippen LogP contribution is 2.45. The van der Waals surface area contributed by atoms with E-state index in [0.29, 0.717) is 57.6 Å². The summed E-state index contributed by atoms with van der Waals surface area (Å²) in [6, 6.07) is 13.1. The van der Waals surface area contributed by atoms with Crippen molar-refractivity contribution in [1.82, 2.24) is 30.4 Å². The van der Waals surface area contributed by atoms with Crippen molar-refractivity contribution in [2.24, 2.45) is 16.8 Å². The smallest absolute Gasteiger partial charge is 0.407 e. The van der Waals surface area contributed by atoms with E-state index in [-0.39, 0.29) is 60.1 Å². The number of imidazole rings is 1. The summed E-state index contributed by atoms with van der Waals surface area (Å²) < 4.78 is 28.4. The van der Waals surface area contributed by atoms with Gasteiger partial charge in [-0.1, -0.05) is 18.2 Å². The van der Waals surface area contributed by atoms with Gasteiger partial charge in [-0.25, -0.2) is 14.6 Å². The number of benzene rings is 3. The molecule has 68 heavy (non-hydrogen) atoms. The molecule has 0 saturated carbocycles. The maximum absolute atomic E-state index is 14.4. The SMILES string of the molecule is COC(=O)N[C@H](C(=O)N1CCC[C@H]1C1=Nc2ccc3cc4c(cc3c2C1)OCc1cc(-c2cnc([C@@H]3CCCN3C(=O)[C@@H](NC(=O)OC)C3C[C@@H](C)O[C@H](C)C3)[nH]2)ccc1-4)C1C[C@@H](C)O[C@H](C)C1. The Morgan fingerprint density at radius 2 is 1.35 bits per heavy atom. The number of amides is 4. The first-order valence-electron chi connectivity index (χ1n) is 24.4. The molecule has 0 unspecified atom stereocenters. The molecule has 8 atom stereocenters. The Balaban J connectivity index is 0.851. The topological polar surface area (TPSA) is 186 Å². The van der Waals surface area contributed by atoms with E-state index >= 15 is 0 Å². The van der Waals surface area contributed by atoms with Crippen LogP contribution in [0.1, 0.15) is 102 Å². The molecule has 0 spiro atoms. The van der Waals surface area contributed by atoms with Gasteiger partial charge in [0.2, 0.25) is 11.8 Å². The number of hydrogen-bond donors (Lipinski definition) is 3. The van der Waals surface area contributed by atoms with E-state index in [1.54, 1.807) is 0 Å². The van der Waals surface area contributed by atoms with Crippen molar-refractivity contribution in [3.63, 3.8) is 0 Å². The van der Waals surface area contributed by atoms with Crippen LogP contribution in [0.25, 0.3) is 33.2 Å². The normalized spacial score (nSPS) is 27.3. The molecule has 360 valence electrons. The van der Waals surface area contributed by atoms with Gasteiger partial charge in [0.1, 0.15) is 30.3 Å². The van der Waals surface area contributed by atoms with Crippen molar-refractivity contribution in [2.75, 3.05) is 27.3 Å². The van der Waals surface area contributed by atoms with E-state index in [0.717, 1.165) is 87.1 Å². The third-order valence-electron chi connectivity index (χ3n) is 15.1. The lowest BCUT2D eigenvalue weighted by atomic mass is 9.85. The molecule has 7 heterocycles. The lowest BCUT2D eigenvalue weighted by Gasteiger charge is -2.38. The maximum Gasteiger partial charge on any atom is 0.407 e. The molecule has 6 aliphatic rings. The van der Waals surface area contributed by atoms with Crippen molar-refractivity contribution in [2.45, 2.75) is 141 Å². The summed E-state index contributed by atoms with van der Waals surface area (Å²) >= 11 is 0. The number of aromatic amines is 1. The van der Waals surface area contributed by atoms with Crippen LogP contribution in [0.15, 0.2) is 53.7 Å². The summed E-state index contributed by atoms with van der Waals surface area (Å²) in [6.07, 6.45) is 7.07. The number of carbonyl (C=O) groups excluding carboxylic acids is 4. The number of alkyl carbamates (subject to hydrolysis) is 2. The molecule has 16 nitrogen and oxygen atoms in total. The quantitative estimate of drug-likeness (QED) is 0.149. The Morgan fingerprint density at radius 3 is 1.97 bits per heavy atom. The zero-order chi connectivity index (χ0) is 47.4. The summed E-state index contributed by atoms with van der Waals surface area (Å²) in [5, 5.41) is 7.93. The summed E-state index contributed by atoms with van der Waals surface area (Å²) in [4.78, 5) is 71.1.